The molecule has 2 aromatic rings. The molecule has 2 aromatic carbocycles. The molecule has 0 atom stereocenters. The molecule has 5 aliphatic rings. The van der Waals surface area contributed by atoms with E-state index in [9.17, 15) is 0 Å². The van der Waals surface area contributed by atoms with Gasteiger partial charge in [-0.3, -0.25) is 0 Å². The van der Waals surface area contributed by atoms with E-state index in [2.05, 4.69) is 188 Å². The Morgan fingerprint density at radius 1 is 0.396 bits per heavy atom. The molecule has 1 fully saturated rings. The van der Waals surface area contributed by atoms with Crippen LogP contribution in [-0.4, -0.2) is 9.34 Å². The fourth-order valence-electron chi connectivity index (χ4n) is 6.78. The first kappa shape index (κ1) is 33.2. The summed E-state index contributed by atoms with van der Waals surface area (Å²) in [5, 5.41) is 0. The molecule has 10 heteroatoms. The van der Waals surface area contributed by atoms with Gasteiger partial charge in [-0.2, -0.15) is 0 Å². The quantitative estimate of drug-likeness (QED) is 0.288. The summed E-state index contributed by atoms with van der Waals surface area (Å²) in [5.74, 6) is 3.36. The Labute approximate surface area is 288 Å². The first-order valence-electron chi connectivity index (χ1n) is 17.0. The number of anilines is 2. The molecule has 0 bridgehead atoms. The Morgan fingerprint density at radius 2 is 0.625 bits per heavy atom. The second-order valence-electron chi connectivity index (χ2n) is 18.0. The van der Waals surface area contributed by atoms with E-state index in [1.54, 1.807) is 0 Å². The Kier molecular flexibility index (Phi) is 6.40. The minimum absolute atomic E-state index is 0.314. The van der Waals surface area contributed by atoms with Gasteiger partial charge in [0.1, 0.15) is 0 Å². The van der Waals surface area contributed by atoms with Crippen molar-refractivity contribution >= 4 is 26.4 Å². The summed E-state index contributed by atoms with van der Waals surface area (Å²) in [6, 6.07) is 17.2. The Balaban J connectivity index is 1.64. The summed E-state index contributed by atoms with van der Waals surface area (Å²) in [6.45, 7) is 30.5. The summed E-state index contributed by atoms with van der Waals surface area (Å²) >= 11 is 0. The van der Waals surface area contributed by atoms with Crippen LogP contribution in [0.1, 0.15) is 94.2 Å². The van der Waals surface area contributed by atoms with Crippen LogP contribution in [-0.2, 0) is 18.1 Å². The van der Waals surface area contributed by atoms with Crippen LogP contribution in [0.5, 0.6) is 0 Å². The molecule has 0 amide bonds. The van der Waals surface area contributed by atoms with E-state index in [0.29, 0.717) is 0 Å². The number of rotatable bonds is 2. The average molecular weight is 693 g/mol. The van der Waals surface area contributed by atoms with Crippen molar-refractivity contribution in [1.82, 2.24) is 9.34 Å². The molecule has 5 aliphatic heterocycles. The third-order valence-electron chi connectivity index (χ3n) is 9.60. The van der Waals surface area contributed by atoms with E-state index >= 15 is 0 Å². The second-order valence-corrected chi connectivity index (χ2v) is 25.2. The van der Waals surface area contributed by atoms with Gasteiger partial charge in [0.2, 0.25) is 0 Å². The monoisotopic (exact) mass is 692 g/mol. The normalized spacial score (nSPS) is 24.7. The van der Waals surface area contributed by atoms with Gasteiger partial charge in [-0.1, -0.05) is 0 Å². The average Bonchev–Trinajstić information content (AvgIpc) is 3.64. The number of allylic oxidation sites excluding steroid dienone is 4. The van der Waals surface area contributed by atoms with Crippen LogP contribution in [0.2, 0.25) is 0 Å². The molecule has 0 aromatic heterocycles. The number of nitrogens with zero attached hydrogens (tertiary/aromatic N) is 4. The molecule has 0 radical (unpaired) electrons. The van der Waals surface area contributed by atoms with Gasteiger partial charge in [-0.25, -0.2) is 0 Å². The molecule has 2 spiro atoms. The maximum atomic E-state index is 7.71. The molecule has 260 valence electrons. The zero-order valence-electron chi connectivity index (χ0n) is 31.2. The van der Waals surface area contributed by atoms with Gasteiger partial charge in [0, 0.05) is 0 Å². The van der Waals surface area contributed by atoms with Crippen LogP contribution in [0.25, 0.3) is 0 Å². The van der Waals surface area contributed by atoms with E-state index in [0.717, 1.165) is 45.5 Å². The topological polar surface area (TPSA) is 49.9 Å². The molecule has 1 saturated heterocycles. The Hall–Kier alpha value is -3.34. The first-order valence-corrected chi connectivity index (χ1v) is 20.9. The third-order valence-corrected chi connectivity index (χ3v) is 20.9. The van der Waals surface area contributed by atoms with Crippen molar-refractivity contribution in [3.8, 4) is 0 Å². The van der Waals surface area contributed by atoms with Crippen molar-refractivity contribution in [1.29, 1.82) is 0 Å². The summed E-state index contributed by atoms with van der Waals surface area (Å²) < 4.78 is 40.0. The van der Waals surface area contributed by atoms with E-state index in [1.807, 2.05) is 0 Å². The third kappa shape index (κ3) is 3.96. The van der Waals surface area contributed by atoms with Crippen LogP contribution in [0.3, 0.4) is 0 Å². The van der Waals surface area contributed by atoms with Crippen molar-refractivity contribution < 1.29 is 18.1 Å². The van der Waals surface area contributed by atoms with E-state index in [4.69, 9.17) is 18.1 Å². The van der Waals surface area contributed by atoms with Gasteiger partial charge in [-0.15, -0.1) is 0 Å². The van der Waals surface area contributed by atoms with Crippen LogP contribution >= 0.6 is 15.0 Å². The molecule has 0 unspecified atom stereocenters. The second kappa shape index (κ2) is 9.25. The number of hydrogen-bond acceptors (Lipinski definition) is 8. The summed E-state index contributed by atoms with van der Waals surface area (Å²) in [4.78, 5) is 0. The van der Waals surface area contributed by atoms with Crippen molar-refractivity contribution in [2.75, 3.05) is 8.88 Å². The predicted molar refractivity (Wildman–Crippen MR) is 199 cm³/mol. The number of hydrogen-bond donors (Lipinski definition) is 0. The van der Waals surface area contributed by atoms with Gasteiger partial charge < -0.3 is 0 Å². The minimum atomic E-state index is -4.46. The standard InChI is InChI=1S/C38H54N4O4P2/c1-27-15-19-29(20-16-27)41-47(39(23-31(43-47)35(3,4)5)24-32(44-47)36(6,7)8)42(30-21-17-28(2)18-22-30)48(41)40(25-33(45-48)37(9,10)11)26-34(46-48)38(12,13)14/h15-26H,1-14H3. The van der Waals surface area contributed by atoms with Crippen molar-refractivity contribution in [3.63, 3.8) is 0 Å². The fourth-order valence-corrected chi connectivity index (χ4v) is 21.6. The zero-order valence-corrected chi connectivity index (χ0v) is 33.0. The van der Waals surface area contributed by atoms with Gasteiger partial charge in [0.25, 0.3) is 0 Å². The van der Waals surface area contributed by atoms with Crippen LogP contribution in [0.4, 0.5) is 11.4 Å². The van der Waals surface area contributed by atoms with Crippen molar-refractivity contribution in [3.05, 3.63) is 107 Å². The van der Waals surface area contributed by atoms with Crippen LogP contribution in [0.15, 0.2) is 96.4 Å². The molecule has 0 aliphatic carbocycles. The SMILES string of the molecule is Cc1ccc(N2P34(OC(C(C)(C)C)=CN3C=C(C(C)(C)C)O4)N(c3ccc(C)cc3)P234OC(C(C)(C)C)=CN3C=C(C(C)(C)C)O4)cc1. The molecule has 7 rings (SSSR count). The maximum absolute atomic E-state index is 7.71. The Bertz CT molecular complexity index is 1610. The van der Waals surface area contributed by atoms with Crippen molar-refractivity contribution in [2.45, 2.75) is 96.9 Å². The molecule has 5 heterocycles. The van der Waals surface area contributed by atoms with E-state index < -0.39 is 15.0 Å². The summed E-state index contributed by atoms with van der Waals surface area (Å²) in [7, 11) is -8.91. The number of aryl methyl sites for hydroxylation is 2. The van der Waals surface area contributed by atoms with Crippen LogP contribution in [0, 0.1) is 35.5 Å². The van der Waals surface area contributed by atoms with Gasteiger partial charge in [0.15, 0.2) is 0 Å². The molecule has 0 saturated carbocycles. The van der Waals surface area contributed by atoms with Crippen LogP contribution < -0.4 is 8.88 Å². The zero-order chi connectivity index (χ0) is 35.1. The van der Waals surface area contributed by atoms with E-state index in [-0.39, 0.29) is 21.7 Å². The van der Waals surface area contributed by atoms with Crippen molar-refractivity contribution in [2.24, 2.45) is 21.7 Å². The molecule has 8 nitrogen and oxygen atoms in total. The van der Waals surface area contributed by atoms with Gasteiger partial charge in [-0.05, 0) is 0 Å². The molecule has 48 heavy (non-hydrogen) atoms. The first-order chi connectivity index (χ1) is 22.0. The molecular formula is C38H54N4O4P2. The predicted octanol–water partition coefficient (Wildman–Crippen LogP) is 12.2. The molecule has 0 N–H and O–H groups in total. The summed E-state index contributed by atoms with van der Waals surface area (Å²) in [6.07, 6.45) is 8.61. The Morgan fingerprint density at radius 3 is 0.833 bits per heavy atom. The fraction of sp³-hybridized carbons (Fsp3) is 0.474. The van der Waals surface area contributed by atoms with Gasteiger partial charge in [0.05, 0.1) is 0 Å². The molecular weight excluding hydrogens is 638 g/mol. The number of benzene rings is 2. The van der Waals surface area contributed by atoms with Gasteiger partial charge >= 0.3 is 289 Å². The summed E-state index contributed by atoms with van der Waals surface area (Å²) in [5.41, 5.74) is 2.88. The van der Waals surface area contributed by atoms with E-state index in [1.165, 1.54) is 0 Å².